The smallest absolute Gasteiger partial charge is 0.240 e. The van der Waals surface area contributed by atoms with Gasteiger partial charge < -0.3 is 4.57 Å². The Labute approximate surface area is 121 Å². The van der Waals surface area contributed by atoms with Crippen molar-refractivity contribution < 1.29 is 8.42 Å². The van der Waals surface area contributed by atoms with Crippen LogP contribution >= 0.6 is 15.9 Å². The fourth-order valence-corrected chi connectivity index (χ4v) is 3.08. The molecule has 0 atom stereocenters. The number of halogens is 1. The van der Waals surface area contributed by atoms with Crippen LogP contribution in [-0.4, -0.2) is 13.0 Å². The Hall–Kier alpha value is -1.11. The number of rotatable bonds is 5. The molecule has 1 aromatic heterocycles. The molecular formula is C13H15BrN2O2S. The average molecular weight is 343 g/mol. The van der Waals surface area contributed by atoms with Gasteiger partial charge in [-0.15, -0.1) is 0 Å². The molecule has 6 heteroatoms. The summed E-state index contributed by atoms with van der Waals surface area (Å²) < 4.78 is 28.6. The van der Waals surface area contributed by atoms with E-state index in [2.05, 4.69) is 20.7 Å². The molecule has 0 saturated heterocycles. The van der Waals surface area contributed by atoms with Crippen LogP contribution in [0.25, 0.3) is 0 Å². The van der Waals surface area contributed by atoms with Gasteiger partial charge in [-0.05, 0) is 29.3 Å². The van der Waals surface area contributed by atoms with Crippen molar-refractivity contribution in [2.75, 3.05) is 0 Å². The van der Waals surface area contributed by atoms with Crippen molar-refractivity contribution in [1.29, 1.82) is 0 Å². The van der Waals surface area contributed by atoms with Crippen LogP contribution in [0, 0.1) is 0 Å². The molecule has 1 aromatic carbocycles. The number of benzene rings is 1. The van der Waals surface area contributed by atoms with Crippen molar-refractivity contribution in [1.82, 2.24) is 9.29 Å². The highest BCUT2D eigenvalue weighted by molar-refractivity contribution is 9.08. The molecule has 0 bridgehead atoms. The van der Waals surface area contributed by atoms with Crippen molar-refractivity contribution >= 4 is 26.0 Å². The fourth-order valence-electron chi connectivity index (χ4n) is 1.68. The number of nitrogens with one attached hydrogen (secondary N) is 1. The van der Waals surface area contributed by atoms with Crippen LogP contribution < -0.4 is 4.72 Å². The van der Waals surface area contributed by atoms with Crippen LogP contribution in [0.4, 0.5) is 0 Å². The topological polar surface area (TPSA) is 51.1 Å². The van der Waals surface area contributed by atoms with E-state index in [0.29, 0.717) is 11.9 Å². The summed E-state index contributed by atoms with van der Waals surface area (Å²) in [6, 6.07) is 8.71. The van der Waals surface area contributed by atoms with Crippen LogP contribution in [0.3, 0.4) is 0 Å². The number of nitrogens with zero attached hydrogens (tertiary/aromatic N) is 1. The summed E-state index contributed by atoms with van der Waals surface area (Å²) >= 11 is 3.33. The molecule has 1 N–H and O–H groups in total. The van der Waals surface area contributed by atoms with Gasteiger partial charge in [-0.2, -0.15) is 0 Å². The minimum Gasteiger partial charge on any atom is -0.357 e. The molecule has 102 valence electrons. The molecular weight excluding hydrogens is 328 g/mol. The molecule has 0 amide bonds. The summed E-state index contributed by atoms with van der Waals surface area (Å²) in [5.41, 5.74) is 1.98. The van der Waals surface area contributed by atoms with Gasteiger partial charge in [0, 0.05) is 31.3 Å². The normalized spacial score (nSPS) is 11.7. The number of alkyl halides is 1. The highest BCUT2D eigenvalue weighted by Gasteiger charge is 2.13. The molecule has 0 aliphatic carbocycles. The monoisotopic (exact) mass is 342 g/mol. The maximum absolute atomic E-state index is 12.1. The number of aryl methyl sites for hydroxylation is 1. The first-order chi connectivity index (χ1) is 9.01. The molecule has 2 rings (SSSR count). The number of sulfonamides is 1. The molecule has 0 saturated carbocycles. The third-order valence-electron chi connectivity index (χ3n) is 2.75. The molecule has 19 heavy (non-hydrogen) atoms. The molecule has 0 aliphatic heterocycles. The largest absolute Gasteiger partial charge is 0.357 e. The van der Waals surface area contributed by atoms with Crippen molar-refractivity contribution in [3.05, 3.63) is 53.9 Å². The van der Waals surface area contributed by atoms with E-state index in [-0.39, 0.29) is 4.90 Å². The van der Waals surface area contributed by atoms with Crippen LogP contribution in [0.5, 0.6) is 0 Å². The van der Waals surface area contributed by atoms with Gasteiger partial charge in [-0.3, -0.25) is 0 Å². The molecule has 0 radical (unpaired) electrons. The molecule has 0 fully saturated rings. The highest BCUT2D eigenvalue weighted by atomic mass is 79.9. The van der Waals surface area contributed by atoms with Crippen LogP contribution in [0.1, 0.15) is 11.1 Å². The van der Waals surface area contributed by atoms with Crippen molar-refractivity contribution in [2.24, 2.45) is 7.05 Å². The zero-order chi connectivity index (χ0) is 13.9. The van der Waals surface area contributed by atoms with Crippen LogP contribution in [0.2, 0.25) is 0 Å². The quantitative estimate of drug-likeness (QED) is 0.848. The van der Waals surface area contributed by atoms with Crippen molar-refractivity contribution in [2.45, 2.75) is 16.8 Å². The first kappa shape index (κ1) is 14.3. The van der Waals surface area contributed by atoms with E-state index in [1.54, 1.807) is 24.3 Å². The Balaban J connectivity index is 2.09. The van der Waals surface area contributed by atoms with E-state index in [1.807, 2.05) is 30.1 Å². The zero-order valence-electron chi connectivity index (χ0n) is 10.5. The average Bonchev–Trinajstić information content (AvgIpc) is 2.82. The third kappa shape index (κ3) is 3.68. The second-order valence-electron chi connectivity index (χ2n) is 4.29. The number of hydrogen-bond donors (Lipinski definition) is 1. The lowest BCUT2D eigenvalue weighted by Crippen LogP contribution is -2.23. The van der Waals surface area contributed by atoms with E-state index in [0.717, 1.165) is 11.1 Å². The zero-order valence-corrected chi connectivity index (χ0v) is 12.9. The standard InChI is InChI=1S/C13H15BrN2O2S/c1-16-7-6-12(10-16)9-15-19(17,18)13-4-2-11(8-14)3-5-13/h2-7,10,15H,8-9H2,1H3. The Morgan fingerprint density at radius 2 is 1.84 bits per heavy atom. The van der Waals surface area contributed by atoms with E-state index in [4.69, 9.17) is 0 Å². The molecule has 2 aromatic rings. The lowest BCUT2D eigenvalue weighted by molar-refractivity contribution is 0.581. The maximum atomic E-state index is 12.1. The Bertz CT molecular complexity index is 648. The molecule has 0 spiro atoms. The second-order valence-corrected chi connectivity index (χ2v) is 6.62. The summed E-state index contributed by atoms with van der Waals surface area (Å²) in [4.78, 5) is 0.285. The summed E-state index contributed by atoms with van der Waals surface area (Å²) in [6.07, 6.45) is 3.77. The Morgan fingerprint density at radius 1 is 1.16 bits per heavy atom. The second kappa shape index (κ2) is 5.90. The highest BCUT2D eigenvalue weighted by Crippen LogP contribution is 2.13. The maximum Gasteiger partial charge on any atom is 0.240 e. The lowest BCUT2D eigenvalue weighted by Gasteiger charge is -2.06. The first-order valence-corrected chi connectivity index (χ1v) is 8.37. The van der Waals surface area contributed by atoms with Gasteiger partial charge in [0.05, 0.1) is 4.90 Å². The molecule has 0 unspecified atom stereocenters. The Morgan fingerprint density at radius 3 is 2.37 bits per heavy atom. The van der Waals surface area contributed by atoms with E-state index in [9.17, 15) is 8.42 Å². The summed E-state index contributed by atoms with van der Waals surface area (Å²) in [7, 11) is -1.55. The first-order valence-electron chi connectivity index (χ1n) is 5.77. The summed E-state index contributed by atoms with van der Waals surface area (Å²) in [5.74, 6) is 0. The summed E-state index contributed by atoms with van der Waals surface area (Å²) in [6.45, 7) is 0.295. The van der Waals surface area contributed by atoms with Gasteiger partial charge in [-0.25, -0.2) is 13.1 Å². The van der Waals surface area contributed by atoms with E-state index >= 15 is 0 Å². The van der Waals surface area contributed by atoms with Crippen LogP contribution in [-0.2, 0) is 28.9 Å². The summed E-state index contributed by atoms with van der Waals surface area (Å²) in [5, 5.41) is 0.713. The lowest BCUT2D eigenvalue weighted by atomic mass is 10.2. The molecule has 1 heterocycles. The Kier molecular flexibility index (Phi) is 4.44. The third-order valence-corrected chi connectivity index (χ3v) is 4.81. The van der Waals surface area contributed by atoms with Crippen molar-refractivity contribution in [3.8, 4) is 0 Å². The van der Waals surface area contributed by atoms with Gasteiger partial charge in [0.25, 0.3) is 0 Å². The molecule has 4 nitrogen and oxygen atoms in total. The van der Waals surface area contributed by atoms with E-state index in [1.165, 1.54) is 0 Å². The van der Waals surface area contributed by atoms with Gasteiger partial charge in [0.2, 0.25) is 10.0 Å². The van der Waals surface area contributed by atoms with Crippen LogP contribution in [0.15, 0.2) is 47.6 Å². The predicted molar refractivity (Wildman–Crippen MR) is 78.5 cm³/mol. The van der Waals surface area contributed by atoms with Gasteiger partial charge in [-0.1, -0.05) is 28.1 Å². The number of aromatic nitrogens is 1. The van der Waals surface area contributed by atoms with Crippen molar-refractivity contribution in [3.63, 3.8) is 0 Å². The minimum absolute atomic E-state index is 0.285. The SMILES string of the molecule is Cn1ccc(CNS(=O)(=O)c2ccc(CBr)cc2)c1. The van der Waals surface area contributed by atoms with Gasteiger partial charge >= 0.3 is 0 Å². The molecule has 0 aliphatic rings. The fraction of sp³-hybridized carbons (Fsp3) is 0.231. The van der Waals surface area contributed by atoms with E-state index < -0.39 is 10.0 Å². The number of hydrogen-bond acceptors (Lipinski definition) is 2. The predicted octanol–water partition coefficient (Wildman–Crippen LogP) is 2.40. The van der Waals surface area contributed by atoms with Gasteiger partial charge in [0.15, 0.2) is 0 Å². The minimum atomic E-state index is -3.45. The van der Waals surface area contributed by atoms with Gasteiger partial charge in [0.1, 0.15) is 0 Å².